The number of aliphatic carboxylic acids is 1. The Bertz CT molecular complexity index is 565. The van der Waals surface area contributed by atoms with Gasteiger partial charge in [0.2, 0.25) is 5.52 Å². The quantitative estimate of drug-likeness (QED) is 0.583. The molecule has 0 aliphatic heterocycles. The van der Waals surface area contributed by atoms with E-state index < -0.39 is 16.9 Å². The van der Waals surface area contributed by atoms with Crippen LogP contribution in [0.4, 0.5) is 5.69 Å². The van der Waals surface area contributed by atoms with Gasteiger partial charge < -0.3 is 15.4 Å². The molecule has 2 rings (SSSR count). The van der Waals surface area contributed by atoms with Crippen LogP contribution in [0.25, 0.3) is 11.1 Å². The summed E-state index contributed by atoms with van der Waals surface area (Å²) in [6.07, 6.45) is 0. The minimum absolute atomic E-state index is 0.0891. The summed E-state index contributed by atoms with van der Waals surface area (Å²) in [6, 6.07) is 3.72. The lowest BCUT2D eigenvalue weighted by molar-refractivity contribution is -0.383. The second-order valence-corrected chi connectivity index (χ2v) is 3.28. The van der Waals surface area contributed by atoms with Crippen LogP contribution in [0, 0.1) is 10.1 Å². The molecule has 0 bridgehead atoms. The van der Waals surface area contributed by atoms with Crippen molar-refractivity contribution in [3.63, 3.8) is 0 Å². The van der Waals surface area contributed by atoms with Crippen molar-refractivity contribution < 1.29 is 19.3 Å². The molecule has 3 N–H and O–H groups in total. The zero-order valence-corrected chi connectivity index (χ0v) is 9.31. The fraction of sp³-hybridized carbons (Fsp3) is 0.222. The van der Waals surface area contributed by atoms with E-state index in [9.17, 15) is 14.9 Å². The van der Waals surface area contributed by atoms with Crippen molar-refractivity contribution in [2.24, 2.45) is 5.73 Å². The van der Waals surface area contributed by atoms with Crippen molar-refractivity contribution in [3.05, 3.63) is 28.3 Å². The SMILES string of the molecule is CC(N)C(=O)O.O=[N+]([O-])c1cccc2onnc12. The Morgan fingerprint density at radius 3 is 2.72 bits per heavy atom. The molecule has 9 heteroatoms. The van der Waals surface area contributed by atoms with Crippen LogP contribution >= 0.6 is 0 Å². The molecule has 1 heterocycles. The molecule has 2 aromatic rings. The molecule has 1 atom stereocenters. The highest BCUT2D eigenvalue weighted by molar-refractivity contribution is 5.81. The summed E-state index contributed by atoms with van der Waals surface area (Å²) in [5.74, 6) is -0.963. The number of benzene rings is 1. The van der Waals surface area contributed by atoms with Gasteiger partial charge in [-0.25, -0.2) is 0 Å². The van der Waals surface area contributed by atoms with E-state index in [1.54, 1.807) is 6.07 Å². The molecule has 0 amide bonds. The van der Waals surface area contributed by atoms with E-state index in [0.29, 0.717) is 5.58 Å². The second-order valence-electron chi connectivity index (χ2n) is 3.28. The topological polar surface area (TPSA) is 145 Å². The summed E-state index contributed by atoms with van der Waals surface area (Å²) in [5, 5.41) is 25.0. The van der Waals surface area contributed by atoms with E-state index in [-0.39, 0.29) is 11.2 Å². The van der Waals surface area contributed by atoms with Gasteiger partial charge >= 0.3 is 11.7 Å². The van der Waals surface area contributed by atoms with Crippen molar-refractivity contribution in [2.45, 2.75) is 13.0 Å². The Morgan fingerprint density at radius 1 is 1.61 bits per heavy atom. The fourth-order valence-corrected chi connectivity index (χ4v) is 0.937. The highest BCUT2D eigenvalue weighted by Crippen LogP contribution is 2.21. The van der Waals surface area contributed by atoms with Crippen molar-refractivity contribution in [1.82, 2.24) is 10.4 Å². The summed E-state index contributed by atoms with van der Waals surface area (Å²) in [7, 11) is 0. The first-order valence-electron chi connectivity index (χ1n) is 4.77. The van der Waals surface area contributed by atoms with Gasteiger partial charge in [-0.2, -0.15) is 0 Å². The number of carboxylic acid groups (broad SMARTS) is 1. The Hall–Kier alpha value is -2.55. The number of fused-ring (bicyclic) bond motifs is 1. The molecular weight excluding hydrogens is 244 g/mol. The first kappa shape index (κ1) is 13.5. The first-order valence-corrected chi connectivity index (χ1v) is 4.77. The summed E-state index contributed by atoms with van der Waals surface area (Å²) < 4.78 is 4.64. The molecular formula is C9H10N4O5. The van der Waals surface area contributed by atoms with Gasteiger partial charge in [0.05, 0.1) is 4.92 Å². The van der Waals surface area contributed by atoms with Gasteiger partial charge in [-0.05, 0) is 13.0 Å². The maximum Gasteiger partial charge on any atom is 0.320 e. The molecule has 0 aliphatic carbocycles. The number of non-ortho nitro benzene ring substituents is 1. The second kappa shape index (κ2) is 5.68. The Balaban J connectivity index is 0.000000232. The zero-order valence-electron chi connectivity index (χ0n) is 9.31. The highest BCUT2D eigenvalue weighted by Gasteiger charge is 2.14. The lowest BCUT2D eigenvalue weighted by Gasteiger charge is -1.90. The maximum absolute atomic E-state index is 10.4. The predicted octanol–water partition coefficient (Wildman–Crippen LogP) is 0.549. The number of nitro benzene ring substituents is 1. The molecule has 0 saturated heterocycles. The molecule has 0 fully saturated rings. The molecule has 96 valence electrons. The molecule has 0 radical (unpaired) electrons. The fourth-order valence-electron chi connectivity index (χ4n) is 0.937. The van der Waals surface area contributed by atoms with Crippen molar-refractivity contribution in [1.29, 1.82) is 0 Å². The Morgan fingerprint density at radius 2 is 2.22 bits per heavy atom. The number of nitrogens with two attached hydrogens (primary N) is 1. The Labute approximate surface area is 100 Å². The lowest BCUT2D eigenvalue weighted by atomic mass is 10.3. The third-order valence-corrected chi connectivity index (χ3v) is 1.84. The van der Waals surface area contributed by atoms with Crippen LogP contribution in [0.5, 0.6) is 0 Å². The molecule has 1 unspecified atom stereocenters. The predicted molar refractivity (Wildman–Crippen MR) is 59.7 cm³/mol. The van der Waals surface area contributed by atoms with Crippen LogP contribution in [0.3, 0.4) is 0 Å². The number of carbonyl (C=O) groups is 1. The number of hydrogen-bond donors (Lipinski definition) is 2. The minimum atomic E-state index is -0.963. The standard InChI is InChI=1S/C6H3N3O3.C3H7NO2/c10-9(11)4-2-1-3-5-6(4)7-8-12-5;1-2(4)3(5)6/h1-3H;2H,4H2,1H3,(H,5,6). The number of nitro groups is 1. The van der Waals surface area contributed by atoms with Crippen LogP contribution in [0.1, 0.15) is 6.92 Å². The maximum atomic E-state index is 10.4. The van der Waals surface area contributed by atoms with Gasteiger partial charge in [0, 0.05) is 11.3 Å². The normalized spacial score (nSPS) is 11.4. The number of carboxylic acids is 1. The Kier molecular flexibility index (Phi) is 4.27. The minimum Gasteiger partial charge on any atom is -0.480 e. The van der Waals surface area contributed by atoms with Gasteiger partial charge in [0.1, 0.15) is 6.04 Å². The van der Waals surface area contributed by atoms with Gasteiger partial charge in [0.15, 0.2) is 5.58 Å². The number of aromatic nitrogens is 2. The van der Waals surface area contributed by atoms with Crippen molar-refractivity contribution in [3.8, 4) is 0 Å². The summed E-state index contributed by atoms with van der Waals surface area (Å²) in [5.41, 5.74) is 5.25. The van der Waals surface area contributed by atoms with Crippen LogP contribution < -0.4 is 5.73 Å². The van der Waals surface area contributed by atoms with Crippen LogP contribution in [0.15, 0.2) is 22.7 Å². The number of nitrogens with zero attached hydrogens (tertiary/aromatic N) is 3. The van der Waals surface area contributed by atoms with E-state index in [4.69, 9.17) is 10.8 Å². The van der Waals surface area contributed by atoms with E-state index in [0.717, 1.165) is 0 Å². The third-order valence-electron chi connectivity index (χ3n) is 1.84. The average molecular weight is 254 g/mol. The average Bonchev–Trinajstić information content (AvgIpc) is 2.76. The first-order chi connectivity index (χ1) is 8.43. The summed E-state index contributed by atoms with van der Waals surface area (Å²) >= 11 is 0. The van der Waals surface area contributed by atoms with E-state index in [1.165, 1.54) is 19.1 Å². The largest absolute Gasteiger partial charge is 0.480 e. The van der Waals surface area contributed by atoms with Gasteiger partial charge in [-0.15, -0.1) is 5.10 Å². The van der Waals surface area contributed by atoms with Crippen LogP contribution in [-0.4, -0.2) is 32.4 Å². The van der Waals surface area contributed by atoms with E-state index in [1.807, 2.05) is 0 Å². The molecule has 0 spiro atoms. The highest BCUT2D eigenvalue weighted by atomic mass is 16.6. The molecule has 18 heavy (non-hydrogen) atoms. The number of rotatable bonds is 2. The van der Waals surface area contributed by atoms with E-state index >= 15 is 0 Å². The molecule has 0 saturated carbocycles. The van der Waals surface area contributed by atoms with Crippen molar-refractivity contribution in [2.75, 3.05) is 0 Å². The number of hydrogen-bond acceptors (Lipinski definition) is 7. The van der Waals surface area contributed by atoms with Gasteiger partial charge in [-0.3, -0.25) is 14.9 Å². The molecule has 9 nitrogen and oxygen atoms in total. The van der Waals surface area contributed by atoms with Crippen molar-refractivity contribution >= 4 is 22.8 Å². The third kappa shape index (κ3) is 3.22. The molecule has 1 aromatic heterocycles. The monoisotopic (exact) mass is 254 g/mol. The van der Waals surface area contributed by atoms with Gasteiger partial charge in [0.25, 0.3) is 0 Å². The molecule has 1 aromatic carbocycles. The van der Waals surface area contributed by atoms with Crippen LogP contribution in [0.2, 0.25) is 0 Å². The van der Waals surface area contributed by atoms with Gasteiger partial charge in [-0.1, -0.05) is 6.07 Å². The van der Waals surface area contributed by atoms with E-state index in [2.05, 4.69) is 14.9 Å². The van der Waals surface area contributed by atoms with Crippen LogP contribution in [-0.2, 0) is 4.79 Å². The zero-order chi connectivity index (χ0) is 13.7. The summed E-state index contributed by atoms with van der Waals surface area (Å²) in [4.78, 5) is 19.5. The molecule has 0 aliphatic rings. The summed E-state index contributed by atoms with van der Waals surface area (Å²) in [6.45, 7) is 1.42. The smallest absolute Gasteiger partial charge is 0.320 e. The lowest BCUT2D eigenvalue weighted by Crippen LogP contribution is -2.25.